The fraction of sp³-hybridized carbons (Fsp3) is 0.125. The molecule has 0 bridgehead atoms. The zero-order chi connectivity index (χ0) is 13.8. The first kappa shape index (κ1) is 11.3. The van der Waals surface area contributed by atoms with Crippen molar-refractivity contribution in [2.24, 2.45) is 9.98 Å². The molecule has 1 aromatic heterocycles. The van der Waals surface area contributed by atoms with Gasteiger partial charge in [-0.1, -0.05) is 36.4 Å². The summed E-state index contributed by atoms with van der Waals surface area (Å²) in [5, 5.41) is 4.30. The molecule has 5 rings (SSSR count). The molecular formula is C16H10N4S. The van der Waals surface area contributed by atoms with Crippen molar-refractivity contribution >= 4 is 28.6 Å². The summed E-state index contributed by atoms with van der Waals surface area (Å²) in [7, 11) is 0. The van der Waals surface area contributed by atoms with Crippen molar-refractivity contribution in [3.63, 3.8) is 0 Å². The molecule has 2 aromatic carbocycles. The first-order valence-corrected chi connectivity index (χ1v) is 7.57. The molecule has 0 spiro atoms. The molecule has 0 N–H and O–H groups in total. The summed E-state index contributed by atoms with van der Waals surface area (Å²) in [5.74, 6) is 0. The Morgan fingerprint density at radius 2 is 1.90 bits per heavy atom. The highest BCUT2D eigenvalue weighted by Gasteiger charge is 2.30. The summed E-state index contributed by atoms with van der Waals surface area (Å²) in [4.78, 5) is 9.82. The predicted octanol–water partition coefficient (Wildman–Crippen LogP) is 2.08. The van der Waals surface area contributed by atoms with Crippen molar-refractivity contribution in [2.45, 2.75) is 12.1 Å². The van der Waals surface area contributed by atoms with Gasteiger partial charge in [0.15, 0.2) is 0 Å². The second-order valence-electron chi connectivity index (χ2n) is 5.24. The largest absolute Gasteiger partial charge is 0.272 e. The summed E-state index contributed by atoms with van der Waals surface area (Å²) >= 11 is 1.24. The summed E-state index contributed by atoms with van der Waals surface area (Å²) < 4.78 is 8.70. The molecule has 2 atom stereocenters. The van der Waals surface area contributed by atoms with Crippen molar-refractivity contribution < 1.29 is 0 Å². The molecule has 0 saturated carbocycles. The van der Waals surface area contributed by atoms with E-state index >= 15 is 0 Å². The fourth-order valence-electron chi connectivity index (χ4n) is 3.01. The van der Waals surface area contributed by atoms with Crippen LogP contribution in [0.15, 0.2) is 52.5 Å². The van der Waals surface area contributed by atoms with Crippen molar-refractivity contribution in [1.29, 1.82) is 0 Å². The van der Waals surface area contributed by atoms with Gasteiger partial charge in [-0.15, -0.1) is 0 Å². The number of nitrogens with zero attached hydrogens (tertiary/aromatic N) is 4. The van der Waals surface area contributed by atoms with Crippen LogP contribution in [0.3, 0.4) is 0 Å². The minimum absolute atomic E-state index is 0.0275. The first-order chi connectivity index (χ1) is 10.4. The number of rotatable bonds is 0. The van der Waals surface area contributed by atoms with Gasteiger partial charge in [-0.25, -0.2) is 0 Å². The zero-order valence-corrected chi connectivity index (χ0v) is 11.8. The summed E-state index contributed by atoms with van der Waals surface area (Å²) in [6.45, 7) is 0. The Morgan fingerprint density at radius 3 is 2.90 bits per heavy atom. The fourth-order valence-corrected chi connectivity index (χ4v) is 3.59. The molecule has 0 radical (unpaired) electrons. The van der Waals surface area contributed by atoms with E-state index in [4.69, 9.17) is 9.98 Å². The Hall–Kier alpha value is -2.40. The first-order valence-electron chi connectivity index (χ1n) is 6.84. The highest BCUT2D eigenvalue weighted by molar-refractivity contribution is 6.99. The van der Waals surface area contributed by atoms with Gasteiger partial charge in [0.1, 0.15) is 17.4 Å². The van der Waals surface area contributed by atoms with Crippen LogP contribution in [0.25, 0.3) is 16.8 Å². The van der Waals surface area contributed by atoms with E-state index in [9.17, 15) is 0 Å². The van der Waals surface area contributed by atoms with Gasteiger partial charge in [-0.05, 0) is 17.5 Å². The van der Waals surface area contributed by atoms with Gasteiger partial charge in [0.25, 0.3) is 0 Å². The minimum Gasteiger partial charge on any atom is -0.272 e. The number of benzene rings is 2. The van der Waals surface area contributed by atoms with Crippen LogP contribution in [-0.2, 0) is 0 Å². The Labute approximate surface area is 124 Å². The quantitative estimate of drug-likeness (QED) is 0.636. The molecule has 0 fully saturated rings. The van der Waals surface area contributed by atoms with E-state index in [2.05, 4.69) is 39.1 Å². The van der Waals surface area contributed by atoms with E-state index in [0.717, 1.165) is 27.5 Å². The third kappa shape index (κ3) is 1.55. The molecule has 2 aliphatic rings. The van der Waals surface area contributed by atoms with Gasteiger partial charge in [0.2, 0.25) is 0 Å². The maximum Gasteiger partial charge on any atom is 0.122 e. The molecule has 1 aliphatic carbocycles. The lowest BCUT2D eigenvalue weighted by molar-refractivity contribution is 0.577. The van der Waals surface area contributed by atoms with Crippen LogP contribution in [0.2, 0.25) is 0 Å². The zero-order valence-electron chi connectivity index (χ0n) is 11.0. The Kier molecular flexibility index (Phi) is 2.18. The molecule has 4 nitrogen and oxygen atoms in total. The van der Waals surface area contributed by atoms with Crippen molar-refractivity contribution in [3.8, 4) is 0 Å². The third-order valence-corrected chi connectivity index (χ3v) is 4.59. The molecule has 0 unspecified atom stereocenters. The molecule has 0 amide bonds. The molecule has 21 heavy (non-hydrogen) atoms. The van der Waals surface area contributed by atoms with Gasteiger partial charge in [0.05, 0.1) is 28.5 Å². The van der Waals surface area contributed by atoms with Crippen molar-refractivity contribution in [3.05, 3.63) is 64.6 Å². The van der Waals surface area contributed by atoms with E-state index < -0.39 is 0 Å². The number of aromatic nitrogens is 2. The van der Waals surface area contributed by atoms with Crippen LogP contribution in [0.5, 0.6) is 0 Å². The van der Waals surface area contributed by atoms with E-state index in [1.54, 1.807) is 0 Å². The summed E-state index contributed by atoms with van der Waals surface area (Å²) in [6.07, 6.45) is 4.09. The van der Waals surface area contributed by atoms with E-state index in [-0.39, 0.29) is 12.1 Å². The molecule has 1 aliphatic heterocycles. The van der Waals surface area contributed by atoms with Crippen LogP contribution in [0.4, 0.5) is 0 Å². The van der Waals surface area contributed by atoms with Crippen LogP contribution >= 0.6 is 11.7 Å². The number of hydrogen-bond donors (Lipinski definition) is 0. The summed E-state index contributed by atoms with van der Waals surface area (Å²) in [6, 6.07) is 12.5. The Balaban J connectivity index is 1.85. The predicted molar refractivity (Wildman–Crippen MR) is 81.7 cm³/mol. The highest BCUT2D eigenvalue weighted by atomic mass is 32.1. The maximum atomic E-state index is 4.93. The standard InChI is InChI=1S/C16H10N4S/c1-2-4-10-9(3-1)5-6-11-14(10)17-12-7-8-13-16(15(12)18-11)20-21-19-13/h1-8,12,15H/t12-,15-/m1/s1. The van der Waals surface area contributed by atoms with Crippen molar-refractivity contribution in [2.75, 3.05) is 0 Å². The van der Waals surface area contributed by atoms with E-state index in [1.807, 2.05) is 18.2 Å². The normalized spacial score (nSPS) is 21.9. The third-order valence-electron chi connectivity index (χ3n) is 4.03. The summed E-state index contributed by atoms with van der Waals surface area (Å²) in [5.41, 5.74) is 1.89. The van der Waals surface area contributed by atoms with E-state index in [0.29, 0.717) is 0 Å². The minimum atomic E-state index is -0.0302. The Morgan fingerprint density at radius 1 is 0.952 bits per heavy atom. The van der Waals surface area contributed by atoms with Crippen molar-refractivity contribution in [1.82, 2.24) is 8.75 Å². The number of fused-ring (bicyclic) bond motifs is 6. The molecule has 0 saturated heterocycles. The smallest absolute Gasteiger partial charge is 0.122 e. The Bertz CT molecular complexity index is 1020. The second kappa shape index (κ2) is 4.05. The van der Waals surface area contributed by atoms with Gasteiger partial charge >= 0.3 is 0 Å². The molecule has 100 valence electrons. The monoisotopic (exact) mass is 290 g/mol. The topological polar surface area (TPSA) is 50.5 Å². The van der Waals surface area contributed by atoms with Crippen LogP contribution in [-0.4, -0.2) is 14.8 Å². The SMILES string of the molecule is C1=C[C@H]2N=c3c(ccc4ccccc34)=N[C@H]2c2nsnc21. The van der Waals surface area contributed by atoms with Gasteiger partial charge in [-0.2, -0.15) is 8.75 Å². The van der Waals surface area contributed by atoms with Crippen LogP contribution in [0.1, 0.15) is 17.4 Å². The maximum absolute atomic E-state index is 4.93. The average molecular weight is 290 g/mol. The van der Waals surface area contributed by atoms with Crippen LogP contribution in [0, 0.1) is 0 Å². The van der Waals surface area contributed by atoms with Crippen LogP contribution < -0.4 is 10.7 Å². The number of hydrogen-bond acceptors (Lipinski definition) is 5. The molecule has 3 aromatic rings. The lowest BCUT2D eigenvalue weighted by Gasteiger charge is -2.22. The average Bonchev–Trinajstić information content (AvgIpc) is 3.02. The molecular weight excluding hydrogens is 280 g/mol. The van der Waals surface area contributed by atoms with Gasteiger partial charge in [0, 0.05) is 5.39 Å². The lowest BCUT2D eigenvalue weighted by atomic mass is 9.96. The second-order valence-corrected chi connectivity index (χ2v) is 5.77. The van der Waals surface area contributed by atoms with E-state index in [1.165, 1.54) is 17.1 Å². The molecule has 2 heterocycles. The highest BCUT2D eigenvalue weighted by Crippen LogP contribution is 2.31. The molecule has 5 heteroatoms. The van der Waals surface area contributed by atoms with Gasteiger partial charge in [-0.3, -0.25) is 9.98 Å². The van der Waals surface area contributed by atoms with Gasteiger partial charge < -0.3 is 0 Å². The lowest BCUT2D eigenvalue weighted by Crippen LogP contribution is -2.36.